The minimum absolute atomic E-state index is 0.0480. The number of anilines is 1. The number of carbonyl (C=O) groups excluding carboxylic acids is 1. The summed E-state index contributed by atoms with van der Waals surface area (Å²) in [7, 11) is 0. The molecule has 0 aliphatic rings. The maximum Gasteiger partial charge on any atom is 0.406 e. The summed E-state index contributed by atoms with van der Waals surface area (Å²) < 4.78 is 6.87. The van der Waals surface area contributed by atoms with Gasteiger partial charge >= 0.3 is 5.82 Å². The number of nitrogens with zero attached hydrogens (tertiary/aromatic N) is 4. The van der Waals surface area contributed by atoms with Gasteiger partial charge in [-0.25, -0.2) is 4.68 Å². The monoisotopic (exact) mass is 319 g/mol. The van der Waals surface area contributed by atoms with Crippen LogP contribution in [-0.4, -0.2) is 32.2 Å². The Labute approximate surface area is 132 Å². The summed E-state index contributed by atoms with van der Waals surface area (Å²) in [5, 5.41) is 17.7. The van der Waals surface area contributed by atoms with E-state index in [0.717, 1.165) is 0 Å². The van der Waals surface area contributed by atoms with Crippen molar-refractivity contribution in [1.82, 2.24) is 14.8 Å². The molecule has 23 heavy (non-hydrogen) atoms. The summed E-state index contributed by atoms with van der Waals surface area (Å²) in [6, 6.07) is 4.75. The van der Waals surface area contributed by atoms with Crippen LogP contribution in [0.5, 0.6) is 5.75 Å². The van der Waals surface area contributed by atoms with Gasteiger partial charge < -0.3 is 20.2 Å². The van der Waals surface area contributed by atoms with Crippen molar-refractivity contribution in [2.75, 3.05) is 11.9 Å². The van der Waals surface area contributed by atoms with Gasteiger partial charge in [0.15, 0.2) is 6.61 Å². The fourth-order valence-corrected chi connectivity index (χ4v) is 1.92. The van der Waals surface area contributed by atoms with Crippen molar-refractivity contribution in [3.8, 4) is 5.75 Å². The van der Waals surface area contributed by atoms with Gasteiger partial charge in [0.2, 0.25) is 5.75 Å². The molecule has 0 radical (unpaired) electrons. The predicted molar refractivity (Wildman–Crippen MR) is 82.4 cm³/mol. The summed E-state index contributed by atoms with van der Waals surface area (Å²) in [6.45, 7) is 5.13. The Hall–Kier alpha value is -2.97. The normalized spacial score (nSPS) is 10.6. The second kappa shape index (κ2) is 6.86. The average molecular weight is 319 g/mol. The number of nitro groups is 1. The molecule has 1 N–H and O–H groups in total. The van der Waals surface area contributed by atoms with Crippen LogP contribution in [0.1, 0.15) is 25.6 Å². The highest BCUT2D eigenvalue weighted by Gasteiger charge is 2.19. The first-order valence-electron chi connectivity index (χ1n) is 6.96. The zero-order chi connectivity index (χ0) is 17.0. The fraction of sp³-hybridized carbons (Fsp3) is 0.357. The lowest BCUT2D eigenvalue weighted by Gasteiger charge is -2.12. The lowest BCUT2D eigenvalue weighted by molar-refractivity contribution is -0.390. The van der Waals surface area contributed by atoms with Crippen LogP contribution in [0.25, 0.3) is 0 Å². The number of rotatable bonds is 6. The Morgan fingerprint density at radius 3 is 2.83 bits per heavy atom. The van der Waals surface area contributed by atoms with Crippen molar-refractivity contribution in [3.05, 3.63) is 40.2 Å². The van der Waals surface area contributed by atoms with Crippen molar-refractivity contribution in [2.45, 2.75) is 26.8 Å². The highest BCUT2D eigenvalue weighted by atomic mass is 16.6. The number of aromatic nitrogens is 3. The summed E-state index contributed by atoms with van der Waals surface area (Å²) in [5.74, 6) is -0.370. The molecule has 0 bridgehead atoms. The number of hydrogen-bond donors (Lipinski definition) is 1. The molecule has 0 aliphatic carbocycles. The molecule has 9 heteroatoms. The lowest BCUT2D eigenvalue weighted by Crippen LogP contribution is -2.23. The van der Waals surface area contributed by atoms with Gasteiger partial charge in [0, 0.05) is 19.0 Å². The molecule has 0 saturated carbocycles. The molecule has 122 valence electrons. The highest BCUT2D eigenvalue weighted by Crippen LogP contribution is 2.24. The molecular formula is C14H17N5O4. The number of amides is 1. The third-order valence-electron chi connectivity index (χ3n) is 2.94. The first-order valence-corrected chi connectivity index (χ1v) is 6.96. The molecule has 9 nitrogen and oxygen atoms in total. The Balaban J connectivity index is 2.02. The van der Waals surface area contributed by atoms with E-state index in [0.29, 0.717) is 11.5 Å². The second-order valence-electron chi connectivity index (χ2n) is 5.12. The standard InChI is InChI=1S/C14H17N5O4/c1-9(2)18-12(6-7-15-18)17-13(20)8-23-11-5-4-10(3)16-14(11)19(21)22/h4-7,9H,8H2,1-3H3,(H,17,20). The van der Waals surface area contributed by atoms with E-state index in [1.807, 2.05) is 13.8 Å². The molecule has 2 rings (SSSR count). The number of nitrogens with one attached hydrogen (secondary N) is 1. The van der Waals surface area contributed by atoms with Crippen molar-refractivity contribution in [2.24, 2.45) is 0 Å². The molecule has 0 atom stereocenters. The van der Waals surface area contributed by atoms with Crippen LogP contribution in [0.4, 0.5) is 11.6 Å². The van der Waals surface area contributed by atoms with Crippen LogP contribution in [-0.2, 0) is 4.79 Å². The van der Waals surface area contributed by atoms with Crippen molar-refractivity contribution in [1.29, 1.82) is 0 Å². The van der Waals surface area contributed by atoms with E-state index in [1.165, 1.54) is 6.07 Å². The Morgan fingerprint density at radius 2 is 2.17 bits per heavy atom. The van der Waals surface area contributed by atoms with Gasteiger partial charge in [-0.3, -0.25) is 4.79 Å². The third kappa shape index (κ3) is 4.02. The van der Waals surface area contributed by atoms with Crippen LogP contribution >= 0.6 is 0 Å². The SMILES string of the molecule is Cc1ccc(OCC(=O)Nc2ccnn2C(C)C)c([N+](=O)[O-])n1. The van der Waals surface area contributed by atoms with Crippen LogP contribution in [0, 0.1) is 17.0 Å². The van der Waals surface area contributed by atoms with E-state index in [4.69, 9.17) is 4.74 Å². The van der Waals surface area contributed by atoms with E-state index in [9.17, 15) is 14.9 Å². The second-order valence-corrected chi connectivity index (χ2v) is 5.12. The van der Waals surface area contributed by atoms with E-state index in [2.05, 4.69) is 15.4 Å². The number of ether oxygens (including phenoxy) is 1. The summed E-state index contributed by atoms with van der Waals surface area (Å²) in [5.41, 5.74) is 0.495. The van der Waals surface area contributed by atoms with Gasteiger partial charge in [-0.05, 0) is 35.9 Å². The van der Waals surface area contributed by atoms with Gasteiger partial charge in [-0.15, -0.1) is 0 Å². The van der Waals surface area contributed by atoms with Gasteiger partial charge in [-0.1, -0.05) is 0 Å². The minimum atomic E-state index is -0.645. The van der Waals surface area contributed by atoms with E-state index >= 15 is 0 Å². The zero-order valence-corrected chi connectivity index (χ0v) is 13.0. The van der Waals surface area contributed by atoms with Crippen molar-refractivity contribution in [3.63, 3.8) is 0 Å². The summed E-state index contributed by atoms with van der Waals surface area (Å²) >= 11 is 0. The zero-order valence-electron chi connectivity index (χ0n) is 13.0. The quantitative estimate of drug-likeness (QED) is 0.644. The summed E-state index contributed by atoms with van der Waals surface area (Å²) in [4.78, 5) is 26.0. The first-order chi connectivity index (χ1) is 10.9. The van der Waals surface area contributed by atoms with Crippen LogP contribution in [0.15, 0.2) is 24.4 Å². The Kier molecular flexibility index (Phi) is 4.89. The summed E-state index contributed by atoms with van der Waals surface area (Å²) in [6.07, 6.45) is 1.57. The molecule has 2 heterocycles. The van der Waals surface area contributed by atoms with Crippen molar-refractivity contribution >= 4 is 17.5 Å². The van der Waals surface area contributed by atoms with Crippen LogP contribution in [0.3, 0.4) is 0 Å². The molecule has 0 fully saturated rings. The number of pyridine rings is 1. The third-order valence-corrected chi connectivity index (χ3v) is 2.94. The molecule has 0 aromatic carbocycles. The Morgan fingerprint density at radius 1 is 1.43 bits per heavy atom. The lowest BCUT2D eigenvalue weighted by atomic mass is 10.3. The Bertz CT molecular complexity index is 726. The van der Waals surface area contributed by atoms with E-state index in [-0.39, 0.29) is 18.4 Å². The maximum absolute atomic E-state index is 11.9. The average Bonchev–Trinajstić information content (AvgIpc) is 2.94. The molecule has 0 spiro atoms. The van der Waals surface area contributed by atoms with Gasteiger partial charge in [0.05, 0.1) is 6.20 Å². The van der Waals surface area contributed by atoms with Crippen LogP contribution < -0.4 is 10.1 Å². The van der Waals surface area contributed by atoms with E-state index in [1.54, 1.807) is 29.9 Å². The topological polar surface area (TPSA) is 112 Å². The molecule has 1 amide bonds. The molecular weight excluding hydrogens is 302 g/mol. The molecule has 2 aromatic heterocycles. The maximum atomic E-state index is 11.9. The first kappa shape index (κ1) is 16.4. The predicted octanol–water partition coefficient (Wildman–Crippen LogP) is 2.09. The smallest absolute Gasteiger partial charge is 0.406 e. The molecule has 2 aromatic rings. The minimum Gasteiger partial charge on any atom is -0.476 e. The van der Waals surface area contributed by atoms with E-state index < -0.39 is 16.6 Å². The number of aryl methyl sites for hydroxylation is 1. The highest BCUT2D eigenvalue weighted by molar-refractivity contribution is 5.91. The number of carbonyl (C=O) groups is 1. The van der Waals surface area contributed by atoms with Gasteiger partial charge in [0.25, 0.3) is 5.91 Å². The largest absolute Gasteiger partial charge is 0.476 e. The molecule has 0 aliphatic heterocycles. The molecule has 0 unspecified atom stereocenters. The fourth-order valence-electron chi connectivity index (χ4n) is 1.92. The molecule has 0 saturated heterocycles. The number of hydrogen-bond acceptors (Lipinski definition) is 6. The van der Waals surface area contributed by atoms with Gasteiger partial charge in [-0.2, -0.15) is 5.10 Å². The van der Waals surface area contributed by atoms with Gasteiger partial charge in [0.1, 0.15) is 11.5 Å². The van der Waals surface area contributed by atoms with Crippen LogP contribution in [0.2, 0.25) is 0 Å². The van der Waals surface area contributed by atoms with Crippen molar-refractivity contribution < 1.29 is 14.5 Å².